The molecule has 0 aromatic carbocycles. The van der Waals surface area contributed by atoms with Gasteiger partial charge in [-0.15, -0.1) is 0 Å². The Kier molecular flexibility index (Phi) is 3.99. The quantitative estimate of drug-likeness (QED) is 0.542. The summed E-state index contributed by atoms with van der Waals surface area (Å²) in [6.07, 6.45) is 5.08. The van der Waals surface area contributed by atoms with E-state index in [2.05, 4.69) is 12.3 Å². The summed E-state index contributed by atoms with van der Waals surface area (Å²) in [7, 11) is 0. The minimum absolute atomic E-state index is 0.162. The third-order valence-corrected chi connectivity index (χ3v) is 2.27. The zero-order chi connectivity index (χ0) is 9.68. The summed E-state index contributed by atoms with van der Waals surface area (Å²) in [5.74, 6) is 6.43. The number of nitrogens with two attached hydrogens (primary N) is 1. The van der Waals surface area contributed by atoms with Crippen LogP contribution in [-0.4, -0.2) is 0 Å². The van der Waals surface area contributed by atoms with Gasteiger partial charge in [0.25, 0.3) is 0 Å². The van der Waals surface area contributed by atoms with E-state index in [0.29, 0.717) is 0 Å². The van der Waals surface area contributed by atoms with Gasteiger partial charge in [0.1, 0.15) is 5.76 Å². The lowest BCUT2D eigenvalue weighted by molar-refractivity contribution is 0.390. The summed E-state index contributed by atoms with van der Waals surface area (Å²) in [5.41, 5.74) is 3.95. The number of rotatable bonds is 5. The van der Waals surface area contributed by atoms with Gasteiger partial charge in [0.15, 0.2) is 0 Å². The molecular formula is C10H18N2O. The molecule has 0 aliphatic rings. The molecule has 1 unspecified atom stereocenters. The van der Waals surface area contributed by atoms with E-state index in [4.69, 9.17) is 10.3 Å². The Labute approximate surface area is 79.3 Å². The molecule has 3 heteroatoms. The molecule has 3 nitrogen and oxygen atoms in total. The molecule has 0 saturated heterocycles. The lowest BCUT2D eigenvalue weighted by atomic mass is 10.1. The highest BCUT2D eigenvalue weighted by atomic mass is 16.3. The molecule has 1 atom stereocenters. The molecule has 0 radical (unpaired) electrons. The Bertz CT molecular complexity index is 245. The fraction of sp³-hybridized carbons (Fsp3) is 0.600. The second kappa shape index (κ2) is 5.04. The summed E-state index contributed by atoms with van der Waals surface area (Å²) >= 11 is 0. The number of hydrogen-bond donors (Lipinski definition) is 2. The van der Waals surface area contributed by atoms with E-state index in [-0.39, 0.29) is 6.04 Å². The molecule has 3 N–H and O–H groups in total. The smallest absolute Gasteiger partial charge is 0.124 e. The molecule has 0 bridgehead atoms. The average molecular weight is 182 g/mol. The largest absolute Gasteiger partial charge is 0.467 e. The van der Waals surface area contributed by atoms with Crippen molar-refractivity contribution in [2.45, 2.75) is 39.2 Å². The molecule has 1 rings (SSSR count). The first-order chi connectivity index (χ1) is 6.29. The van der Waals surface area contributed by atoms with Crippen LogP contribution >= 0.6 is 0 Å². The van der Waals surface area contributed by atoms with Crippen LogP contribution in [0.5, 0.6) is 0 Å². The summed E-state index contributed by atoms with van der Waals surface area (Å²) in [6.45, 7) is 4.21. The SMILES string of the molecule is CCCCC(NN)c1occc1C. The van der Waals surface area contributed by atoms with E-state index in [9.17, 15) is 0 Å². The highest BCUT2D eigenvalue weighted by Crippen LogP contribution is 2.22. The highest BCUT2D eigenvalue weighted by Gasteiger charge is 2.14. The predicted octanol–water partition coefficient (Wildman–Crippen LogP) is 2.28. The second-order valence-corrected chi connectivity index (χ2v) is 3.33. The number of nitrogens with one attached hydrogen (secondary N) is 1. The van der Waals surface area contributed by atoms with Crippen LogP contribution in [-0.2, 0) is 0 Å². The molecule has 74 valence electrons. The van der Waals surface area contributed by atoms with Crippen LogP contribution in [0.1, 0.15) is 43.6 Å². The number of hydrogen-bond acceptors (Lipinski definition) is 3. The first-order valence-electron chi connectivity index (χ1n) is 4.79. The van der Waals surface area contributed by atoms with Crippen molar-refractivity contribution in [3.63, 3.8) is 0 Å². The minimum Gasteiger partial charge on any atom is -0.467 e. The van der Waals surface area contributed by atoms with Crippen molar-refractivity contribution in [3.05, 3.63) is 23.7 Å². The van der Waals surface area contributed by atoms with Gasteiger partial charge in [-0.05, 0) is 25.0 Å². The molecule has 0 fully saturated rings. The predicted molar refractivity (Wildman–Crippen MR) is 53.0 cm³/mol. The highest BCUT2D eigenvalue weighted by molar-refractivity contribution is 5.17. The van der Waals surface area contributed by atoms with Crippen molar-refractivity contribution in [1.82, 2.24) is 5.43 Å². The molecule has 0 aliphatic heterocycles. The van der Waals surface area contributed by atoms with Gasteiger partial charge in [0.05, 0.1) is 12.3 Å². The Morgan fingerprint density at radius 3 is 2.85 bits per heavy atom. The molecule has 13 heavy (non-hydrogen) atoms. The maximum atomic E-state index is 5.46. The van der Waals surface area contributed by atoms with Gasteiger partial charge in [0, 0.05) is 0 Å². The van der Waals surface area contributed by atoms with Crippen molar-refractivity contribution < 1.29 is 4.42 Å². The average Bonchev–Trinajstić information content (AvgIpc) is 2.54. The molecule has 0 aliphatic carbocycles. The number of aryl methyl sites for hydroxylation is 1. The van der Waals surface area contributed by atoms with Gasteiger partial charge in [0.2, 0.25) is 0 Å². The normalized spacial score (nSPS) is 13.2. The topological polar surface area (TPSA) is 51.2 Å². The number of furan rings is 1. The van der Waals surface area contributed by atoms with Crippen LogP contribution in [0.3, 0.4) is 0 Å². The third-order valence-electron chi connectivity index (χ3n) is 2.27. The molecule has 1 aromatic rings. The van der Waals surface area contributed by atoms with Crippen molar-refractivity contribution in [2.24, 2.45) is 5.84 Å². The first-order valence-corrected chi connectivity index (χ1v) is 4.79. The van der Waals surface area contributed by atoms with E-state index in [1.54, 1.807) is 6.26 Å². The maximum Gasteiger partial charge on any atom is 0.124 e. The van der Waals surface area contributed by atoms with Crippen LogP contribution in [0.25, 0.3) is 0 Å². The fourth-order valence-electron chi connectivity index (χ4n) is 1.44. The number of hydrazine groups is 1. The molecule has 0 amide bonds. The van der Waals surface area contributed by atoms with E-state index in [1.807, 2.05) is 13.0 Å². The zero-order valence-electron chi connectivity index (χ0n) is 8.34. The second-order valence-electron chi connectivity index (χ2n) is 3.33. The van der Waals surface area contributed by atoms with E-state index >= 15 is 0 Å². The van der Waals surface area contributed by atoms with Crippen LogP contribution < -0.4 is 11.3 Å². The fourth-order valence-corrected chi connectivity index (χ4v) is 1.44. The van der Waals surface area contributed by atoms with Crippen LogP contribution in [0.4, 0.5) is 0 Å². The summed E-state index contributed by atoms with van der Waals surface area (Å²) in [4.78, 5) is 0. The molecule has 1 aromatic heterocycles. The summed E-state index contributed by atoms with van der Waals surface area (Å²) < 4.78 is 5.37. The van der Waals surface area contributed by atoms with Crippen LogP contribution in [0, 0.1) is 6.92 Å². The van der Waals surface area contributed by atoms with Crippen molar-refractivity contribution in [3.8, 4) is 0 Å². The first kappa shape index (κ1) is 10.3. The van der Waals surface area contributed by atoms with E-state index in [1.165, 1.54) is 12.0 Å². The van der Waals surface area contributed by atoms with Gasteiger partial charge < -0.3 is 4.42 Å². The van der Waals surface area contributed by atoms with E-state index in [0.717, 1.165) is 18.6 Å². The van der Waals surface area contributed by atoms with Crippen molar-refractivity contribution in [2.75, 3.05) is 0 Å². The van der Waals surface area contributed by atoms with Crippen molar-refractivity contribution >= 4 is 0 Å². The molecular weight excluding hydrogens is 164 g/mol. The molecule has 1 heterocycles. The lowest BCUT2D eigenvalue weighted by Gasteiger charge is -2.13. The summed E-state index contributed by atoms with van der Waals surface area (Å²) in [5, 5.41) is 0. The molecule has 0 spiro atoms. The lowest BCUT2D eigenvalue weighted by Crippen LogP contribution is -2.28. The molecule has 0 saturated carbocycles. The van der Waals surface area contributed by atoms with E-state index < -0.39 is 0 Å². The number of unbranched alkanes of at least 4 members (excludes halogenated alkanes) is 1. The monoisotopic (exact) mass is 182 g/mol. The van der Waals surface area contributed by atoms with Crippen molar-refractivity contribution in [1.29, 1.82) is 0 Å². The summed E-state index contributed by atoms with van der Waals surface area (Å²) in [6, 6.07) is 2.13. The van der Waals surface area contributed by atoms with Gasteiger partial charge in [-0.1, -0.05) is 19.8 Å². The zero-order valence-corrected chi connectivity index (χ0v) is 8.34. The van der Waals surface area contributed by atoms with Gasteiger partial charge in [-0.3, -0.25) is 5.84 Å². The third kappa shape index (κ3) is 2.57. The van der Waals surface area contributed by atoms with Crippen LogP contribution in [0.2, 0.25) is 0 Å². The van der Waals surface area contributed by atoms with Gasteiger partial charge in [-0.2, -0.15) is 0 Å². The van der Waals surface area contributed by atoms with Gasteiger partial charge in [-0.25, -0.2) is 5.43 Å². The Balaban J connectivity index is 2.61. The maximum absolute atomic E-state index is 5.46. The Morgan fingerprint density at radius 2 is 2.38 bits per heavy atom. The van der Waals surface area contributed by atoms with Gasteiger partial charge >= 0.3 is 0 Å². The Hall–Kier alpha value is -0.800. The standard InChI is InChI=1S/C10H18N2O/c1-3-4-5-9(12-11)10-8(2)6-7-13-10/h6-7,9,12H,3-5,11H2,1-2H3. The Morgan fingerprint density at radius 1 is 1.62 bits per heavy atom. The minimum atomic E-state index is 0.162. The van der Waals surface area contributed by atoms with Crippen LogP contribution in [0.15, 0.2) is 16.7 Å².